The lowest BCUT2D eigenvalue weighted by Gasteiger charge is -2.18. The van der Waals surface area contributed by atoms with E-state index >= 15 is 0 Å². The summed E-state index contributed by atoms with van der Waals surface area (Å²) in [6.07, 6.45) is 1.64. The maximum absolute atomic E-state index is 11.9. The van der Waals surface area contributed by atoms with Gasteiger partial charge in [-0.15, -0.1) is 0 Å². The highest BCUT2D eigenvalue weighted by Crippen LogP contribution is 2.19. The lowest BCUT2D eigenvalue weighted by atomic mass is 9.99. The van der Waals surface area contributed by atoms with Crippen molar-refractivity contribution in [3.05, 3.63) is 60.1 Å². The first-order valence-electron chi connectivity index (χ1n) is 6.62. The zero-order chi connectivity index (χ0) is 14.4. The minimum atomic E-state index is -0.321. The molecule has 0 amide bonds. The molecule has 2 aromatic rings. The molecular formula is C16H19NO3. The lowest BCUT2D eigenvalue weighted by Crippen LogP contribution is -2.29. The van der Waals surface area contributed by atoms with Gasteiger partial charge in [-0.2, -0.15) is 0 Å². The summed E-state index contributed by atoms with van der Waals surface area (Å²) in [5.41, 5.74) is 0.943. The third-order valence-electron chi connectivity index (χ3n) is 3.29. The first kappa shape index (κ1) is 14.3. The molecule has 0 fully saturated rings. The fraction of sp³-hybridized carbons (Fsp3) is 0.312. The molecule has 0 radical (unpaired) electrons. The summed E-state index contributed by atoms with van der Waals surface area (Å²) < 4.78 is 10.2. The molecule has 1 unspecified atom stereocenters. The van der Waals surface area contributed by atoms with Gasteiger partial charge >= 0.3 is 5.97 Å². The van der Waals surface area contributed by atoms with E-state index in [0.29, 0.717) is 6.54 Å². The molecule has 2 rings (SSSR count). The van der Waals surface area contributed by atoms with Crippen LogP contribution in [0.25, 0.3) is 0 Å². The minimum absolute atomic E-state index is 0.0425. The Kier molecular flexibility index (Phi) is 4.96. The molecule has 0 saturated heterocycles. The molecule has 4 heteroatoms. The average molecular weight is 273 g/mol. The van der Waals surface area contributed by atoms with Crippen LogP contribution in [0.3, 0.4) is 0 Å². The Labute approximate surface area is 118 Å². The molecule has 1 N–H and O–H groups in total. The molecule has 1 aromatic carbocycles. The van der Waals surface area contributed by atoms with E-state index in [4.69, 9.17) is 9.15 Å². The molecule has 106 valence electrons. The highest BCUT2D eigenvalue weighted by atomic mass is 16.5. The van der Waals surface area contributed by atoms with Crippen molar-refractivity contribution in [2.45, 2.75) is 18.9 Å². The van der Waals surface area contributed by atoms with Crippen molar-refractivity contribution in [3.63, 3.8) is 0 Å². The zero-order valence-electron chi connectivity index (χ0n) is 11.7. The van der Waals surface area contributed by atoms with Crippen LogP contribution in [-0.4, -0.2) is 19.6 Å². The van der Waals surface area contributed by atoms with Crippen molar-refractivity contribution in [2.24, 2.45) is 0 Å². The molecule has 0 aliphatic carbocycles. The van der Waals surface area contributed by atoms with E-state index in [0.717, 1.165) is 11.3 Å². The number of methoxy groups -OCH3 is 1. The molecule has 1 aromatic heterocycles. The number of benzene rings is 1. The van der Waals surface area contributed by atoms with E-state index in [1.807, 2.05) is 49.4 Å². The number of hydrogen-bond acceptors (Lipinski definition) is 4. The molecule has 1 heterocycles. The molecule has 4 nitrogen and oxygen atoms in total. The van der Waals surface area contributed by atoms with Crippen LogP contribution in [0.4, 0.5) is 0 Å². The molecule has 2 atom stereocenters. The smallest absolute Gasteiger partial charge is 0.314 e. The van der Waals surface area contributed by atoms with Crippen molar-refractivity contribution >= 4 is 5.97 Å². The highest BCUT2D eigenvalue weighted by molar-refractivity contribution is 5.78. The fourth-order valence-corrected chi connectivity index (χ4v) is 2.10. The first-order chi connectivity index (χ1) is 9.72. The van der Waals surface area contributed by atoms with Crippen LogP contribution in [0.15, 0.2) is 53.1 Å². The summed E-state index contributed by atoms with van der Waals surface area (Å²) in [6.45, 7) is 2.50. The number of ether oxygens (including phenoxy) is 1. The van der Waals surface area contributed by atoms with Crippen LogP contribution < -0.4 is 5.32 Å². The lowest BCUT2D eigenvalue weighted by molar-refractivity contribution is -0.142. The Hall–Kier alpha value is -2.07. The first-order valence-corrected chi connectivity index (χ1v) is 6.62. The van der Waals surface area contributed by atoms with Gasteiger partial charge in [0.1, 0.15) is 5.76 Å². The van der Waals surface area contributed by atoms with E-state index in [1.165, 1.54) is 7.11 Å². The zero-order valence-corrected chi connectivity index (χ0v) is 11.7. The standard InChI is InChI=1S/C16H19NO3/c1-12(15-9-6-10-20-15)17-11-14(16(18)19-2)13-7-4-3-5-8-13/h3-10,12,14,17H,11H2,1-2H3/t12-,14?/m0/s1. The molecule has 0 bridgehead atoms. The maximum Gasteiger partial charge on any atom is 0.314 e. The van der Waals surface area contributed by atoms with Crippen molar-refractivity contribution in [3.8, 4) is 0 Å². The largest absolute Gasteiger partial charge is 0.469 e. The summed E-state index contributed by atoms with van der Waals surface area (Å²) in [4.78, 5) is 11.9. The van der Waals surface area contributed by atoms with Crippen LogP contribution in [0.2, 0.25) is 0 Å². The summed E-state index contributed by atoms with van der Waals surface area (Å²) in [5, 5.41) is 3.30. The fourth-order valence-electron chi connectivity index (χ4n) is 2.10. The van der Waals surface area contributed by atoms with Crippen LogP contribution in [0.5, 0.6) is 0 Å². The Morgan fingerprint density at radius 3 is 2.60 bits per heavy atom. The van der Waals surface area contributed by atoms with E-state index in [1.54, 1.807) is 6.26 Å². The van der Waals surface area contributed by atoms with Crippen LogP contribution in [0, 0.1) is 0 Å². The van der Waals surface area contributed by atoms with E-state index in [9.17, 15) is 4.79 Å². The monoisotopic (exact) mass is 273 g/mol. The SMILES string of the molecule is COC(=O)C(CN[C@@H](C)c1ccco1)c1ccccc1. The van der Waals surface area contributed by atoms with Crippen molar-refractivity contribution in [1.29, 1.82) is 0 Å². The van der Waals surface area contributed by atoms with Crippen molar-refractivity contribution in [1.82, 2.24) is 5.32 Å². The van der Waals surface area contributed by atoms with E-state index in [2.05, 4.69) is 5.32 Å². The molecule has 0 aliphatic heterocycles. The second kappa shape index (κ2) is 6.91. The van der Waals surface area contributed by atoms with E-state index in [-0.39, 0.29) is 17.9 Å². The highest BCUT2D eigenvalue weighted by Gasteiger charge is 2.22. The van der Waals surface area contributed by atoms with Gasteiger partial charge in [-0.05, 0) is 24.6 Å². The Morgan fingerprint density at radius 1 is 1.25 bits per heavy atom. The number of carbonyl (C=O) groups is 1. The Morgan fingerprint density at radius 2 is 2.00 bits per heavy atom. The van der Waals surface area contributed by atoms with Gasteiger partial charge in [0.05, 0.1) is 25.3 Å². The number of esters is 1. The van der Waals surface area contributed by atoms with Gasteiger partial charge in [0.2, 0.25) is 0 Å². The average Bonchev–Trinajstić information content (AvgIpc) is 3.02. The third-order valence-corrected chi connectivity index (χ3v) is 3.29. The predicted octanol–water partition coefficient (Wildman–Crippen LogP) is 2.89. The Balaban J connectivity index is 2.04. The van der Waals surface area contributed by atoms with Crippen LogP contribution in [0.1, 0.15) is 30.2 Å². The summed E-state index contributed by atoms with van der Waals surface area (Å²) in [6, 6.07) is 13.4. The molecule has 20 heavy (non-hydrogen) atoms. The van der Waals surface area contributed by atoms with Crippen molar-refractivity contribution < 1.29 is 13.9 Å². The van der Waals surface area contributed by atoms with Gasteiger partial charge in [0, 0.05) is 6.54 Å². The van der Waals surface area contributed by atoms with Crippen molar-refractivity contribution in [2.75, 3.05) is 13.7 Å². The predicted molar refractivity (Wildman–Crippen MR) is 76.3 cm³/mol. The third kappa shape index (κ3) is 3.48. The van der Waals surface area contributed by atoms with Gasteiger partial charge in [-0.3, -0.25) is 4.79 Å². The molecule has 0 aliphatic rings. The molecule has 0 spiro atoms. The normalized spacial score (nSPS) is 13.7. The number of rotatable bonds is 6. The second-order valence-electron chi connectivity index (χ2n) is 4.63. The van der Waals surface area contributed by atoms with E-state index < -0.39 is 0 Å². The number of hydrogen-bond donors (Lipinski definition) is 1. The van der Waals surface area contributed by atoms with Crippen LogP contribution >= 0.6 is 0 Å². The minimum Gasteiger partial charge on any atom is -0.469 e. The second-order valence-corrected chi connectivity index (χ2v) is 4.63. The summed E-state index contributed by atoms with van der Waals surface area (Å²) in [5.74, 6) is 0.288. The maximum atomic E-state index is 11.9. The van der Waals surface area contributed by atoms with Gasteiger partial charge in [0.15, 0.2) is 0 Å². The summed E-state index contributed by atoms with van der Waals surface area (Å²) >= 11 is 0. The van der Waals surface area contributed by atoms with Gasteiger partial charge in [-0.25, -0.2) is 0 Å². The van der Waals surface area contributed by atoms with Gasteiger partial charge in [0.25, 0.3) is 0 Å². The van der Waals surface area contributed by atoms with Gasteiger partial charge < -0.3 is 14.5 Å². The van der Waals surface area contributed by atoms with Crippen LogP contribution in [-0.2, 0) is 9.53 Å². The number of carbonyl (C=O) groups excluding carboxylic acids is 1. The molecule has 0 saturated carbocycles. The summed E-state index contributed by atoms with van der Waals surface area (Å²) in [7, 11) is 1.41. The topological polar surface area (TPSA) is 51.5 Å². The quantitative estimate of drug-likeness (QED) is 0.822. The van der Waals surface area contributed by atoms with Gasteiger partial charge in [-0.1, -0.05) is 30.3 Å². The number of furan rings is 1. The Bertz CT molecular complexity index is 522. The molecular weight excluding hydrogens is 254 g/mol. The number of nitrogens with one attached hydrogen (secondary N) is 1.